The minimum atomic E-state index is -0.339. The fraction of sp³-hybridized carbons (Fsp3) is 0.333. The van der Waals surface area contributed by atoms with Gasteiger partial charge in [0.25, 0.3) is 5.91 Å². The van der Waals surface area contributed by atoms with Gasteiger partial charge in [-0.25, -0.2) is 9.37 Å². The summed E-state index contributed by atoms with van der Waals surface area (Å²) in [6, 6.07) is 13.5. The Morgan fingerprint density at radius 2 is 2.06 bits per heavy atom. The fourth-order valence-corrected chi connectivity index (χ4v) is 3.75. The van der Waals surface area contributed by atoms with Crippen LogP contribution in [-0.2, 0) is 11.2 Å². The summed E-state index contributed by atoms with van der Waals surface area (Å²) < 4.78 is 29.8. The van der Waals surface area contributed by atoms with Crippen LogP contribution < -0.4 is 9.47 Å². The van der Waals surface area contributed by atoms with Crippen molar-refractivity contribution in [3.63, 3.8) is 0 Å². The number of halogens is 1. The Labute approximate surface area is 180 Å². The smallest absolute Gasteiger partial charge is 0.260 e. The van der Waals surface area contributed by atoms with Crippen LogP contribution in [0.5, 0.6) is 11.5 Å². The normalized spacial score (nSPS) is 16.2. The molecule has 1 aromatic heterocycles. The van der Waals surface area contributed by atoms with Gasteiger partial charge in [-0.1, -0.05) is 12.1 Å². The zero-order valence-corrected chi connectivity index (χ0v) is 17.4. The zero-order chi connectivity index (χ0) is 21.6. The van der Waals surface area contributed by atoms with Crippen molar-refractivity contribution in [2.45, 2.75) is 25.2 Å². The van der Waals surface area contributed by atoms with E-state index in [4.69, 9.17) is 13.9 Å². The number of likely N-dealkylation sites (tertiary alicyclic amines) is 1. The Kier molecular flexibility index (Phi) is 6.50. The van der Waals surface area contributed by atoms with E-state index in [2.05, 4.69) is 4.98 Å². The summed E-state index contributed by atoms with van der Waals surface area (Å²) in [6.07, 6.45) is 4.18. The van der Waals surface area contributed by atoms with Gasteiger partial charge >= 0.3 is 0 Å². The van der Waals surface area contributed by atoms with Crippen molar-refractivity contribution in [2.24, 2.45) is 0 Å². The number of carbonyl (C=O) groups excluding carboxylic acids is 1. The predicted octanol–water partition coefficient (Wildman–Crippen LogP) is 4.20. The van der Waals surface area contributed by atoms with Crippen LogP contribution in [0, 0.1) is 5.82 Å². The van der Waals surface area contributed by atoms with Crippen LogP contribution in [0.4, 0.5) is 4.39 Å². The minimum Gasteiger partial charge on any atom is -0.497 e. The lowest BCUT2D eigenvalue weighted by atomic mass is 9.98. The average Bonchev–Trinajstić information content (AvgIpc) is 3.27. The summed E-state index contributed by atoms with van der Waals surface area (Å²) in [4.78, 5) is 18.8. The van der Waals surface area contributed by atoms with Gasteiger partial charge in [0.2, 0.25) is 0 Å². The molecule has 1 aliphatic heterocycles. The van der Waals surface area contributed by atoms with E-state index >= 15 is 0 Å². The SMILES string of the molecule is COc1cccc(Cc2cnc([C@H]3CCCN(C(=O)COc4ccc(F)cc4)C3)o2)c1. The first kappa shape index (κ1) is 20.9. The second kappa shape index (κ2) is 9.64. The summed E-state index contributed by atoms with van der Waals surface area (Å²) in [6.45, 7) is 1.15. The van der Waals surface area contributed by atoms with E-state index in [1.807, 2.05) is 24.3 Å². The van der Waals surface area contributed by atoms with E-state index in [9.17, 15) is 9.18 Å². The molecule has 0 aliphatic carbocycles. The maximum absolute atomic E-state index is 13.0. The van der Waals surface area contributed by atoms with Gasteiger partial charge in [0.05, 0.1) is 19.2 Å². The monoisotopic (exact) mass is 424 g/mol. The van der Waals surface area contributed by atoms with Crippen molar-refractivity contribution in [1.82, 2.24) is 9.88 Å². The van der Waals surface area contributed by atoms with Gasteiger partial charge in [0.1, 0.15) is 23.1 Å². The Bertz CT molecular complexity index is 1020. The van der Waals surface area contributed by atoms with Crippen molar-refractivity contribution in [3.05, 3.63) is 77.8 Å². The molecule has 0 saturated carbocycles. The molecule has 1 amide bonds. The van der Waals surface area contributed by atoms with Crippen molar-refractivity contribution >= 4 is 5.91 Å². The van der Waals surface area contributed by atoms with Crippen LogP contribution in [0.15, 0.2) is 59.1 Å². The van der Waals surface area contributed by atoms with E-state index in [1.54, 1.807) is 18.2 Å². The Morgan fingerprint density at radius 1 is 1.23 bits per heavy atom. The van der Waals surface area contributed by atoms with Gasteiger partial charge in [-0.2, -0.15) is 0 Å². The number of piperidine rings is 1. The van der Waals surface area contributed by atoms with Gasteiger partial charge in [-0.15, -0.1) is 0 Å². The van der Waals surface area contributed by atoms with Crippen LogP contribution in [0.1, 0.15) is 36.0 Å². The fourth-order valence-electron chi connectivity index (χ4n) is 3.75. The zero-order valence-electron chi connectivity index (χ0n) is 17.4. The highest BCUT2D eigenvalue weighted by Crippen LogP contribution is 2.27. The summed E-state index contributed by atoms with van der Waals surface area (Å²) in [5, 5.41) is 0. The first-order chi connectivity index (χ1) is 15.1. The molecule has 2 aromatic carbocycles. The van der Waals surface area contributed by atoms with E-state index in [-0.39, 0.29) is 24.2 Å². The number of oxazole rings is 1. The largest absolute Gasteiger partial charge is 0.497 e. The van der Waals surface area contributed by atoms with Crippen molar-refractivity contribution < 1.29 is 23.1 Å². The molecule has 162 valence electrons. The molecule has 0 spiro atoms. The van der Waals surface area contributed by atoms with Crippen LogP contribution in [-0.4, -0.2) is 42.6 Å². The van der Waals surface area contributed by atoms with E-state index in [1.165, 1.54) is 24.3 Å². The molecule has 3 aromatic rings. The number of amides is 1. The minimum absolute atomic E-state index is 0.0579. The molecular formula is C24H25FN2O4. The van der Waals surface area contributed by atoms with Crippen LogP contribution in [0.25, 0.3) is 0 Å². The first-order valence-electron chi connectivity index (χ1n) is 10.3. The van der Waals surface area contributed by atoms with E-state index in [0.29, 0.717) is 31.2 Å². The number of aromatic nitrogens is 1. The van der Waals surface area contributed by atoms with Gasteiger partial charge in [0, 0.05) is 19.5 Å². The molecule has 0 unspecified atom stereocenters. The predicted molar refractivity (Wildman–Crippen MR) is 113 cm³/mol. The molecule has 2 heterocycles. The molecule has 6 nitrogen and oxygen atoms in total. The van der Waals surface area contributed by atoms with Gasteiger partial charge in [0.15, 0.2) is 12.5 Å². The van der Waals surface area contributed by atoms with Crippen LogP contribution in [0.2, 0.25) is 0 Å². The highest BCUT2D eigenvalue weighted by molar-refractivity contribution is 5.78. The van der Waals surface area contributed by atoms with Crippen LogP contribution >= 0.6 is 0 Å². The van der Waals surface area contributed by atoms with Gasteiger partial charge < -0.3 is 18.8 Å². The van der Waals surface area contributed by atoms with Crippen molar-refractivity contribution in [2.75, 3.05) is 26.8 Å². The Hall–Kier alpha value is -3.35. The third-order valence-electron chi connectivity index (χ3n) is 5.38. The number of hydrogen-bond acceptors (Lipinski definition) is 5. The third-order valence-corrected chi connectivity index (χ3v) is 5.38. The number of benzene rings is 2. The second-order valence-corrected chi connectivity index (χ2v) is 7.61. The van der Waals surface area contributed by atoms with Crippen molar-refractivity contribution in [3.8, 4) is 11.5 Å². The topological polar surface area (TPSA) is 64.8 Å². The maximum Gasteiger partial charge on any atom is 0.260 e. The summed E-state index contributed by atoms with van der Waals surface area (Å²) >= 11 is 0. The van der Waals surface area contributed by atoms with Crippen molar-refractivity contribution in [1.29, 1.82) is 0 Å². The number of nitrogens with zero attached hydrogens (tertiary/aromatic N) is 2. The highest BCUT2D eigenvalue weighted by Gasteiger charge is 2.28. The number of carbonyl (C=O) groups is 1. The Morgan fingerprint density at radius 3 is 2.87 bits per heavy atom. The number of methoxy groups -OCH3 is 1. The standard InChI is InChI=1S/C24H25FN2O4/c1-29-21-6-2-4-17(12-21)13-22-14-26-24(31-22)18-5-3-11-27(15-18)23(28)16-30-20-9-7-19(25)8-10-20/h2,4,6-10,12,14,18H,3,5,11,13,15-16H2,1H3/t18-/m0/s1. The number of hydrogen-bond donors (Lipinski definition) is 0. The number of ether oxygens (including phenoxy) is 2. The summed E-state index contributed by atoms with van der Waals surface area (Å²) in [5.41, 5.74) is 1.08. The van der Waals surface area contributed by atoms with E-state index in [0.717, 1.165) is 29.9 Å². The first-order valence-corrected chi connectivity index (χ1v) is 10.3. The van der Waals surface area contributed by atoms with E-state index < -0.39 is 0 Å². The molecule has 4 rings (SSSR count). The maximum atomic E-state index is 13.0. The molecular weight excluding hydrogens is 399 g/mol. The highest BCUT2D eigenvalue weighted by atomic mass is 19.1. The molecule has 1 atom stereocenters. The molecule has 0 bridgehead atoms. The van der Waals surface area contributed by atoms with Gasteiger partial charge in [-0.3, -0.25) is 4.79 Å². The lowest BCUT2D eigenvalue weighted by Gasteiger charge is -2.31. The molecule has 0 radical (unpaired) electrons. The molecule has 1 saturated heterocycles. The lowest BCUT2D eigenvalue weighted by molar-refractivity contribution is -0.134. The summed E-state index contributed by atoms with van der Waals surface area (Å²) in [7, 11) is 1.65. The molecule has 0 N–H and O–H groups in total. The quantitative estimate of drug-likeness (QED) is 0.569. The summed E-state index contributed by atoms with van der Waals surface area (Å²) in [5.74, 6) is 2.34. The second-order valence-electron chi connectivity index (χ2n) is 7.61. The molecule has 7 heteroatoms. The Balaban J connectivity index is 1.33. The van der Waals surface area contributed by atoms with Gasteiger partial charge in [-0.05, 0) is 54.8 Å². The molecule has 1 aliphatic rings. The van der Waals surface area contributed by atoms with Crippen LogP contribution in [0.3, 0.4) is 0 Å². The molecule has 1 fully saturated rings. The third kappa shape index (κ3) is 5.42. The average molecular weight is 424 g/mol. The lowest BCUT2D eigenvalue weighted by Crippen LogP contribution is -2.41. The molecule has 31 heavy (non-hydrogen) atoms. The number of rotatable bonds is 7.